The summed E-state index contributed by atoms with van der Waals surface area (Å²) in [5.41, 5.74) is 1.03. The van der Waals surface area contributed by atoms with Crippen molar-refractivity contribution < 1.29 is 8.42 Å². The smallest absolute Gasteiger partial charge is 0.154 e. The summed E-state index contributed by atoms with van der Waals surface area (Å²) in [6, 6.07) is 8.85. The highest BCUT2D eigenvalue weighted by molar-refractivity contribution is 7.90. The number of benzene rings is 1. The molecule has 5 heteroatoms. The van der Waals surface area contributed by atoms with Crippen LogP contribution in [0.4, 0.5) is 0 Å². The van der Waals surface area contributed by atoms with Crippen molar-refractivity contribution in [3.8, 4) is 6.07 Å². The molecular formula is C13H18N2O2S. The highest BCUT2D eigenvalue weighted by Crippen LogP contribution is 2.12. The third kappa shape index (κ3) is 4.86. The summed E-state index contributed by atoms with van der Waals surface area (Å²) < 4.78 is 23.8. The maximum atomic E-state index is 11.9. The van der Waals surface area contributed by atoms with Gasteiger partial charge in [-0.2, -0.15) is 5.26 Å². The first kappa shape index (κ1) is 14.7. The van der Waals surface area contributed by atoms with Gasteiger partial charge in [0.05, 0.1) is 23.1 Å². The van der Waals surface area contributed by atoms with Crippen LogP contribution in [0.15, 0.2) is 24.3 Å². The van der Waals surface area contributed by atoms with Gasteiger partial charge in [0.2, 0.25) is 0 Å². The van der Waals surface area contributed by atoms with Crippen LogP contribution < -0.4 is 0 Å². The van der Waals surface area contributed by atoms with Gasteiger partial charge in [0.15, 0.2) is 9.84 Å². The number of nitrogens with zero attached hydrogens (tertiary/aromatic N) is 2. The zero-order chi connectivity index (χ0) is 13.6. The Labute approximate surface area is 109 Å². The summed E-state index contributed by atoms with van der Waals surface area (Å²) in [6.45, 7) is 0.749. The number of sulfone groups is 1. The molecule has 0 atom stereocenters. The Morgan fingerprint density at radius 1 is 1.28 bits per heavy atom. The van der Waals surface area contributed by atoms with Crippen molar-refractivity contribution in [1.82, 2.24) is 4.90 Å². The first-order valence-corrected chi connectivity index (χ1v) is 7.60. The van der Waals surface area contributed by atoms with Crippen LogP contribution in [-0.4, -0.2) is 39.7 Å². The largest absolute Gasteiger partial charge is 0.309 e. The molecule has 1 aromatic carbocycles. The zero-order valence-electron chi connectivity index (χ0n) is 10.8. The molecule has 0 aliphatic rings. The average Bonchev–Trinajstić information content (AvgIpc) is 2.28. The quantitative estimate of drug-likeness (QED) is 0.781. The number of hydrogen-bond acceptors (Lipinski definition) is 4. The molecule has 0 spiro atoms. The van der Waals surface area contributed by atoms with Crippen LogP contribution in [0.25, 0.3) is 0 Å². The fourth-order valence-electron chi connectivity index (χ4n) is 1.67. The van der Waals surface area contributed by atoms with Gasteiger partial charge >= 0.3 is 0 Å². The van der Waals surface area contributed by atoms with Gasteiger partial charge in [0.1, 0.15) is 0 Å². The van der Waals surface area contributed by atoms with E-state index in [1.165, 1.54) is 0 Å². The van der Waals surface area contributed by atoms with Gasteiger partial charge in [-0.3, -0.25) is 0 Å². The van der Waals surface area contributed by atoms with Crippen molar-refractivity contribution in [2.75, 3.05) is 26.4 Å². The Kier molecular flexibility index (Phi) is 5.32. The summed E-state index contributed by atoms with van der Waals surface area (Å²) in [4.78, 5) is 1.96. The van der Waals surface area contributed by atoms with E-state index in [1.807, 2.05) is 25.1 Å². The predicted molar refractivity (Wildman–Crippen MR) is 71.8 cm³/mol. The molecule has 98 valence electrons. The van der Waals surface area contributed by atoms with Crippen LogP contribution in [-0.2, 0) is 15.6 Å². The molecule has 0 bridgehead atoms. The summed E-state index contributed by atoms with van der Waals surface area (Å²) in [6.07, 6.45) is 0.615. The molecule has 0 radical (unpaired) electrons. The molecule has 0 aliphatic carbocycles. The standard InChI is InChI=1S/C13H18N2O2S/c1-15(2)8-5-9-18(16,17)11-13-7-4-3-6-12(13)10-14/h3-4,6-7H,5,8-9,11H2,1-2H3. The van der Waals surface area contributed by atoms with Crippen LogP contribution >= 0.6 is 0 Å². The van der Waals surface area contributed by atoms with E-state index in [1.54, 1.807) is 24.3 Å². The molecule has 0 N–H and O–H groups in total. The molecule has 0 aromatic heterocycles. The SMILES string of the molecule is CN(C)CCCS(=O)(=O)Cc1ccccc1C#N. The zero-order valence-corrected chi connectivity index (χ0v) is 11.6. The molecule has 0 unspecified atom stereocenters. The molecule has 0 aliphatic heterocycles. The van der Waals surface area contributed by atoms with Gasteiger partial charge in [0.25, 0.3) is 0 Å². The summed E-state index contributed by atoms with van der Waals surface area (Å²) >= 11 is 0. The Hall–Kier alpha value is -1.38. The molecule has 18 heavy (non-hydrogen) atoms. The third-order valence-electron chi connectivity index (χ3n) is 2.57. The van der Waals surface area contributed by atoms with Gasteiger partial charge in [-0.1, -0.05) is 18.2 Å². The van der Waals surface area contributed by atoms with Crippen molar-refractivity contribution in [2.24, 2.45) is 0 Å². The fourth-order valence-corrected chi connectivity index (χ4v) is 3.10. The van der Waals surface area contributed by atoms with Gasteiger partial charge < -0.3 is 4.90 Å². The number of nitriles is 1. The second-order valence-electron chi connectivity index (χ2n) is 4.52. The van der Waals surface area contributed by atoms with Crippen LogP contribution in [0.2, 0.25) is 0 Å². The second-order valence-corrected chi connectivity index (χ2v) is 6.70. The van der Waals surface area contributed by atoms with Crippen molar-refractivity contribution in [2.45, 2.75) is 12.2 Å². The molecular weight excluding hydrogens is 248 g/mol. The average molecular weight is 266 g/mol. The van der Waals surface area contributed by atoms with E-state index >= 15 is 0 Å². The van der Waals surface area contributed by atoms with Crippen LogP contribution in [0.3, 0.4) is 0 Å². The molecule has 4 nitrogen and oxygen atoms in total. The van der Waals surface area contributed by atoms with E-state index in [0.29, 0.717) is 17.5 Å². The minimum atomic E-state index is -3.14. The Balaban J connectivity index is 2.68. The van der Waals surface area contributed by atoms with Crippen molar-refractivity contribution in [3.63, 3.8) is 0 Å². The molecule has 1 aromatic rings. The topological polar surface area (TPSA) is 61.2 Å². The summed E-state index contributed by atoms with van der Waals surface area (Å²) in [7, 11) is 0.688. The lowest BCUT2D eigenvalue weighted by Gasteiger charge is -2.10. The molecule has 0 fully saturated rings. The van der Waals surface area contributed by atoms with E-state index < -0.39 is 9.84 Å². The highest BCUT2D eigenvalue weighted by Gasteiger charge is 2.14. The lowest BCUT2D eigenvalue weighted by Crippen LogP contribution is -2.18. The van der Waals surface area contributed by atoms with Gasteiger partial charge in [0, 0.05) is 0 Å². The molecule has 0 heterocycles. The fraction of sp³-hybridized carbons (Fsp3) is 0.462. The highest BCUT2D eigenvalue weighted by atomic mass is 32.2. The summed E-state index contributed by atoms with van der Waals surface area (Å²) in [5.74, 6) is 0.106. The predicted octanol–water partition coefficient (Wildman–Crippen LogP) is 1.42. The van der Waals surface area contributed by atoms with Crippen molar-refractivity contribution in [3.05, 3.63) is 35.4 Å². The molecule has 0 saturated heterocycles. The van der Waals surface area contributed by atoms with Gasteiger partial charge in [-0.25, -0.2) is 8.42 Å². The monoisotopic (exact) mass is 266 g/mol. The lowest BCUT2D eigenvalue weighted by atomic mass is 10.1. The minimum absolute atomic E-state index is 0.0514. The van der Waals surface area contributed by atoms with Crippen molar-refractivity contribution in [1.29, 1.82) is 5.26 Å². The first-order chi connectivity index (χ1) is 8.44. The normalized spacial score (nSPS) is 11.4. The first-order valence-electron chi connectivity index (χ1n) is 5.78. The van der Waals surface area contributed by atoms with Crippen LogP contribution in [0, 0.1) is 11.3 Å². The lowest BCUT2D eigenvalue weighted by molar-refractivity contribution is 0.408. The van der Waals surface area contributed by atoms with E-state index in [4.69, 9.17) is 5.26 Å². The Morgan fingerprint density at radius 2 is 1.94 bits per heavy atom. The second kappa shape index (κ2) is 6.53. The van der Waals surface area contributed by atoms with Crippen LogP contribution in [0.5, 0.6) is 0 Å². The van der Waals surface area contributed by atoms with E-state index in [9.17, 15) is 8.42 Å². The maximum Gasteiger partial charge on any atom is 0.154 e. The number of rotatable bonds is 6. The maximum absolute atomic E-state index is 11.9. The Morgan fingerprint density at radius 3 is 2.56 bits per heavy atom. The third-order valence-corrected chi connectivity index (χ3v) is 4.24. The van der Waals surface area contributed by atoms with E-state index in [2.05, 4.69) is 0 Å². The Bertz CT molecular complexity index is 530. The molecule has 1 rings (SSSR count). The van der Waals surface area contributed by atoms with E-state index in [-0.39, 0.29) is 11.5 Å². The van der Waals surface area contributed by atoms with Crippen molar-refractivity contribution >= 4 is 9.84 Å². The summed E-state index contributed by atoms with van der Waals surface area (Å²) in [5, 5.41) is 8.91. The molecule has 0 amide bonds. The van der Waals surface area contributed by atoms with Gasteiger partial charge in [-0.15, -0.1) is 0 Å². The minimum Gasteiger partial charge on any atom is -0.309 e. The molecule has 0 saturated carbocycles. The van der Waals surface area contributed by atoms with E-state index in [0.717, 1.165) is 6.54 Å². The van der Waals surface area contributed by atoms with Crippen LogP contribution in [0.1, 0.15) is 17.5 Å². The number of hydrogen-bond donors (Lipinski definition) is 0. The van der Waals surface area contributed by atoms with Gasteiger partial charge in [-0.05, 0) is 38.7 Å².